The Balaban J connectivity index is 1.76. The van der Waals surface area contributed by atoms with Gasteiger partial charge in [0.2, 0.25) is 5.91 Å². The fraction of sp³-hybridized carbons (Fsp3) is 0.286. The summed E-state index contributed by atoms with van der Waals surface area (Å²) in [5.74, 6) is -0.564. The summed E-state index contributed by atoms with van der Waals surface area (Å²) >= 11 is 1.26. The Kier molecular flexibility index (Phi) is 6.59. The van der Waals surface area contributed by atoms with E-state index in [1.165, 1.54) is 27.7 Å². The van der Waals surface area contributed by atoms with Crippen molar-refractivity contribution in [3.63, 3.8) is 0 Å². The highest BCUT2D eigenvalue weighted by Gasteiger charge is 2.15. The fourth-order valence-electron chi connectivity index (χ4n) is 2.99. The SMILES string of the molecule is CCCc1ccc(-c2csc(NC(=O)Cn3c(=O)c(C#N)cn(CC)c3=O)n2)cc1. The van der Waals surface area contributed by atoms with Gasteiger partial charge in [0, 0.05) is 23.7 Å². The van der Waals surface area contributed by atoms with Gasteiger partial charge in [-0.05, 0) is 18.9 Å². The van der Waals surface area contributed by atoms with Gasteiger partial charge >= 0.3 is 5.69 Å². The number of nitrogens with one attached hydrogen (secondary N) is 1. The van der Waals surface area contributed by atoms with E-state index in [0.29, 0.717) is 5.13 Å². The predicted octanol–water partition coefficient (Wildman–Crippen LogP) is 2.62. The fourth-order valence-corrected chi connectivity index (χ4v) is 3.73. The monoisotopic (exact) mass is 423 g/mol. The summed E-state index contributed by atoms with van der Waals surface area (Å²) in [4.78, 5) is 41.5. The van der Waals surface area contributed by atoms with Gasteiger partial charge in [0.15, 0.2) is 5.13 Å². The van der Waals surface area contributed by atoms with Crippen molar-refractivity contribution < 1.29 is 4.79 Å². The molecule has 30 heavy (non-hydrogen) atoms. The van der Waals surface area contributed by atoms with Crippen LogP contribution in [0, 0.1) is 11.3 Å². The first-order valence-electron chi connectivity index (χ1n) is 9.55. The van der Waals surface area contributed by atoms with Gasteiger partial charge in [-0.2, -0.15) is 5.26 Å². The van der Waals surface area contributed by atoms with Gasteiger partial charge in [0.25, 0.3) is 5.56 Å². The van der Waals surface area contributed by atoms with Crippen LogP contribution in [0.4, 0.5) is 5.13 Å². The van der Waals surface area contributed by atoms with Gasteiger partial charge in [-0.15, -0.1) is 11.3 Å². The molecule has 1 aromatic carbocycles. The van der Waals surface area contributed by atoms with Crippen molar-refractivity contribution in [2.75, 3.05) is 5.32 Å². The molecule has 0 fully saturated rings. The summed E-state index contributed by atoms with van der Waals surface area (Å²) in [5, 5.41) is 13.9. The van der Waals surface area contributed by atoms with E-state index >= 15 is 0 Å². The predicted molar refractivity (Wildman–Crippen MR) is 116 cm³/mol. The molecule has 0 aliphatic heterocycles. The lowest BCUT2D eigenvalue weighted by atomic mass is 10.1. The Labute approximate surface area is 177 Å². The summed E-state index contributed by atoms with van der Waals surface area (Å²) in [5.41, 5.74) is 1.32. The molecule has 0 bridgehead atoms. The van der Waals surface area contributed by atoms with Crippen LogP contribution in [0.2, 0.25) is 0 Å². The van der Waals surface area contributed by atoms with Crippen LogP contribution in [-0.4, -0.2) is 20.0 Å². The number of rotatable bonds is 7. The summed E-state index contributed by atoms with van der Waals surface area (Å²) < 4.78 is 1.98. The number of thiazole rings is 1. The highest BCUT2D eigenvalue weighted by Crippen LogP contribution is 2.25. The van der Waals surface area contributed by atoms with E-state index in [4.69, 9.17) is 5.26 Å². The van der Waals surface area contributed by atoms with Crippen molar-refractivity contribution in [1.29, 1.82) is 5.26 Å². The molecule has 0 saturated heterocycles. The zero-order valence-corrected chi connectivity index (χ0v) is 17.5. The van der Waals surface area contributed by atoms with Crippen molar-refractivity contribution in [1.82, 2.24) is 14.1 Å². The number of nitriles is 1. The number of carbonyl (C=O) groups is 1. The summed E-state index contributed by atoms with van der Waals surface area (Å²) in [6, 6.07) is 9.86. The number of benzene rings is 1. The Morgan fingerprint density at radius 3 is 2.60 bits per heavy atom. The molecule has 0 spiro atoms. The first kappa shape index (κ1) is 21.2. The minimum absolute atomic E-state index is 0.188. The summed E-state index contributed by atoms with van der Waals surface area (Å²) in [7, 11) is 0. The third kappa shape index (κ3) is 4.55. The van der Waals surface area contributed by atoms with Gasteiger partial charge in [0.1, 0.15) is 18.2 Å². The average molecular weight is 423 g/mol. The van der Waals surface area contributed by atoms with Crippen LogP contribution in [-0.2, 0) is 24.3 Å². The number of aromatic nitrogens is 3. The number of amides is 1. The zero-order chi connectivity index (χ0) is 21.7. The smallest absolute Gasteiger partial charge is 0.300 e. The molecule has 9 heteroatoms. The molecule has 3 aromatic rings. The lowest BCUT2D eigenvalue weighted by molar-refractivity contribution is -0.116. The maximum absolute atomic E-state index is 12.4. The topological polar surface area (TPSA) is 110 Å². The quantitative estimate of drug-likeness (QED) is 0.628. The Morgan fingerprint density at radius 1 is 1.23 bits per heavy atom. The minimum atomic E-state index is -0.783. The van der Waals surface area contributed by atoms with Crippen LogP contribution in [0.5, 0.6) is 0 Å². The molecular weight excluding hydrogens is 402 g/mol. The second kappa shape index (κ2) is 9.33. The second-order valence-corrected chi connectivity index (χ2v) is 7.51. The molecule has 0 aliphatic rings. The standard InChI is InChI=1S/C21H21N5O3S/c1-3-5-14-6-8-15(9-7-14)17-13-30-20(23-17)24-18(27)12-26-19(28)16(10-22)11-25(4-2)21(26)29/h6-9,11,13H,3-5,12H2,1-2H3,(H,23,24,27). The molecule has 2 heterocycles. The van der Waals surface area contributed by atoms with Crippen molar-refractivity contribution in [3.05, 3.63) is 67.8 Å². The average Bonchev–Trinajstić information content (AvgIpc) is 3.20. The van der Waals surface area contributed by atoms with Crippen molar-refractivity contribution in [2.45, 2.75) is 39.8 Å². The van der Waals surface area contributed by atoms with E-state index in [0.717, 1.165) is 28.7 Å². The van der Waals surface area contributed by atoms with E-state index in [-0.39, 0.29) is 12.1 Å². The van der Waals surface area contributed by atoms with Gasteiger partial charge < -0.3 is 5.32 Å². The third-order valence-corrected chi connectivity index (χ3v) is 5.30. The zero-order valence-electron chi connectivity index (χ0n) is 16.7. The number of anilines is 1. The number of aryl methyl sites for hydroxylation is 2. The van der Waals surface area contributed by atoms with Gasteiger partial charge in [0.05, 0.1) is 5.69 Å². The van der Waals surface area contributed by atoms with E-state index in [1.807, 2.05) is 17.5 Å². The van der Waals surface area contributed by atoms with Crippen LogP contribution < -0.4 is 16.6 Å². The molecule has 3 rings (SSSR count). The number of hydrogen-bond acceptors (Lipinski definition) is 6. The second-order valence-electron chi connectivity index (χ2n) is 6.65. The van der Waals surface area contributed by atoms with Crippen molar-refractivity contribution in [3.8, 4) is 17.3 Å². The molecule has 0 unspecified atom stereocenters. The maximum atomic E-state index is 12.4. The Bertz CT molecular complexity index is 1220. The van der Waals surface area contributed by atoms with E-state index < -0.39 is 23.7 Å². The molecule has 0 saturated carbocycles. The van der Waals surface area contributed by atoms with Crippen LogP contribution in [0.3, 0.4) is 0 Å². The number of nitrogens with zero attached hydrogens (tertiary/aromatic N) is 4. The summed E-state index contributed by atoms with van der Waals surface area (Å²) in [6.07, 6.45) is 3.30. The molecule has 8 nitrogen and oxygen atoms in total. The highest BCUT2D eigenvalue weighted by atomic mass is 32.1. The molecule has 0 atom stereocenters. The van der Waals surface area contributed by atoms with Crippen LogP contribution in [0.25, 0.3) is 11.3 Å². The lowest BCUT2D eigenvalue weighted by Crippen LogP contribution is -2.43. The van der Waals surface area contributed by atoms with Gasteiger partial charge in [-0.25, -0.2) is 14.3 Å². The van der Waals surface area contributed by atoms with Gasteiger partial charge in [-0.3, -0.25) is 14.2 Å². The van der Waals surface area contributed by atoms with Gasteiger partial charge in [-0.1, -0.05) is 37.6 Å². The molecule has 154 valence electrons. The number of carbonyl (C=O) groups excluding carboxylic acids is 1. The molecule has 0 aliphatic carbocycles. The largest absolute Gasteiger partial charge is 0.331 e. The van der Waals surface area contributed by atoms with Crippen molar-refractivity contribution in [2.24, 2.45) is 0 Å². The van der Waals surface area contributed by atoms with Crippen LogP contribution >= 0.6 is 11.3 Å². The van der Waals surface area contributed by atoms with E-state index in [1.54, 1.807) is 13.0 Å². The molecule has 1 N–H and O–H groups in total. The summed E-state index contributed by atoms with van der Waals surface area (Å²) in [6.45, 7) is 3.63. The first-order chi connectivity index (χ1) is 14.5. The minimum Gasteiger partial charge on any atom is -0.300 e. The number of hydrogen-bond donors (Lipinski definition) is 1. The van der Waals surface area contributed by atoms with E-state index in [2.05, 4.69) is 29.4 Å². The van der Waals surface area contributed by atoms with Crippen molar-refractivity contribution >= 4 is 22.4 Å². The molecule has 2 aromatic heterocycles. The van der Waals surface area contributed by atoms with Crippen LogP contribution in [0.1, 0.15) is 31.4 Å². The maximum Gasteiger partial charge on any atom is 0.331 e. The third-order valence-electron chi connectivity index (χ3n) is 4.54. The lowest BCUT2D eigenvalue weighted by Gasteiger charge is -2.09. The molecule has 1 amide bonds. The normalized spacial score (nSPS) is 10.6. The molecule has 0 radical (unpaired) electrons. The van der Waals surface area contributed by atoms with E-state index in [9.17, 15) is 14.4 Å². The van der Waals surface area contributed by atoms with Crippen LogP contribution in [0.15, 0.2) is 45.4 Å². The Hall–Kier alpha value is -3.51. The molecular formula is C21H21N5O3S. The Morgan fingerprint density at radius 2 is 1.97 bits per heavy atom. The first-order valence-corrected chi connectivity index (χ1v) is 10.4. The highest BCUT2D eigenvalue weighted by molar-refractivity contribution is 7.14.